The van der Waals surface area contributed by atoms with E-state index in [1.54, 1.807) is 10.5 Å². The third-order valence-electron chi connectivity index (χ3n) is 6.86. The molecule has 0 atom stereocenters. The Hall–Kier alpha value is -3.62. The molecule has 0 radical (unpaired) electrons. The molecule has 0 bridgehead atoms. The van der Waals surface area contributed by atoms with Crippen LogP contribution in [0, 0.1) is 17.1 Å². The zero-order chi connectivity index (χ0) is 23.4. The van der Waals surface area contributed by atoms with E-state index in [9.17, 15) is 14.4 Å². The summed E-state index contributed by atoms with van der Waals surface area (Å²) in [6, 6.07) is 4.72. The topological polar surface area (TPSA) is 114 Å². The first-order valence-corrected chi connectivity index (χ1v) is 11.3. The number of benzene rings is 1. The predicted octanol–water partition coefficient (Wildman–Crippen LogP) is 2.09. The van der Waals surface area contributed by atoms with Gasteiger partial charge in [0.25, 0.3) is 5.56 Å². The number of hydrogen-bond donors (Lipinski definition) is 0. The summed E-state index contributed by atoms with van der Waals surface area (Å²) >= 11 is 0. The number of hydrogen-bond acceptors (Lipinski definition) is 8. The number of fused-ring (bicyclic) bond motifs is 3. The van der Waals surface area contributed by atoms with Crippen molar-refractivity contribution in [2.75, 3.05) is 32.8 Å². The molecule has 34 heavy (non-hydrogen) atoms. The largest absolute Gasteiger partial charge is 0.379 e. The van der Waals surface area contributed by atoms with E-state index in [0.717, 1.165) is 25.9 Å². The Bertz CT molecular complexity index is 1520. The third-order valence-corrected chi connectivity index (χ3v) is 6.86. The molecule has 1 aliphatic carbocycles. The van der Waals surface area contributed by atoms with Gasteiger partial charge >= 0.3 is 0 Å². The highest BCUT2D eigenvalue weighted by molar-refractivity contribution is 5.87. The van der Waals surface area contributed by atoms with E-state index in [0.29, 0.717) is 36.9 Å². The van der Waals surface area contributed by atoms with Crippen LogP contribution in [-0.2, 0) is 16.7 Å². The monoisotopic (exact) mass is 463 g/mol. The number of nitriles is 1. The van der Waals surface area contributed by atoms with Crippen molar-refractivity contribution >= 4 is 16.6 Å². The Labute approximate surface area is 193 Å². The van der Waals surface area contributed by atoms with Gasteiger partial charge in [-0.2, -0.15) is 10.2 Å². The van der Waals surface area contributed by atoms with Crippen LogP contribution in [0.5, 0.6) is 0 Å². The van der Waals surface area contributed by atoms with Gasteiger partial charge in [0.05, 0.1) is 24.2 Å². The highest BCUT2D eigenvalue weighted by Crippen LogP contribution is 2.47. The fourth-order valence-corrected chi connectivity index (χ4v) is 4.50. The van der Waals surface area contributed by atoms with Crippen LogP contribution in [-0.4, -0.2) is 61.8 Å². The highest BCUT2D eigenvalue weighted by atomic mass is 19.1. The predicted molar refractivity (Wildman–Crippen MR) is 119 cm³/mol. The number of aromatic nitrogens is 5. The normalized spacial score (nSPS) is 17.9. The number of morpholine rings is 1. The number of nitrogens with zero attached hydrogens (tertiary/aromatic N) is 7. The molecule has 2 fully saturated rings. The molecule has 4 heterocycles. The first-order chi connectivity index (χ1) is 16.5. The highest BCUT2D eigenvalue weighted by Gasteiger charge is 2.44. The lowest BCUT2D eigenvalue weighted by atomic mass is 10.1. The minimum Gasteiger partial charge on any atom is -0.379 e. The van der Waals surface area contributed by atoms with E-state index in [-0.39, 0.29) is 39.9 Å². The number of rotatable bonds is 5. The molecule has 6 rings (SSSR count). The van der Waals surface area contributed by atoms with Crippen molar-refractivity contribution in [3.8, 4) is 17.6 Å². The lowest BCUT2D eigenvalue weighted by molar-refractivity contribution is 0.0364. The molecule has 1 aromatic carbocycles. The van der Waals surface area contributed by atoms with E-state index in [4.69, 9.17) is 9.26 Å². The third kappa shape index (κ3) is 3.21. The Balaban J connectivity index is 1.55. The molecule has 1 saturated heterocycles. The fraction of sp³-hybridized carbons (Fsp3) is 0.435. The van der Waals surface area contributed by atoms with E-state index in [1.807, 2.05) is 6.07 Å². The average molecular weight is 463 g/mol. The van der Waals surface area contributed by atoms with Crippen molar-refractivity contribution in [3.63, 3.8) is 0 Å². The van der Waals surface area contributed by atoms with Gasteiger partial charge < -0.3 is 13.8 Å². The first kappa shape index (κ1) is 20.9. The lowest BCUT2D eigenvalue weighted by Gasteiger charge is -2.27. The van der Waals surface area contributed by atoms with E-state index in [1.165, 1.54) is 17.0 Å². The Morgan fingerprint density at radius 2 is 2.00 bits per heavy atom. The molecule has 0 amide bonds. The molecule has 1 saturated carbocycles. The second-order valence-electron chi connectivity index (χ2n) is 9.11. The summed E-state index contributed by atoms with van der Waals surface area (Å²) in [5.74, 6) is 0.102. The molecule has 3 aromatic heterocycles. The Morgan fingerprint density at radius 1 is 1.21 bits per heavy atom. The van der Waals surface area contributed by atoms with Crippen molar-refractivity contribution in [2.45, 2.75) is 31.7 Å². The molecular weight excluding hydrogens is 441 g/mol. The van der Waals surface area contributed by atoms with Crippen LogP contribution in [0.25, 0.3) is 28.1 Å². The lowest BCUT2D eigenvalue weighted by Crippen LogP contribution is -2.39. The molecule has 11 heteroatoms. The SMILES string of the molecule is CC1(c2nc(-c3ncn4c3c(=O)n(CCN3CCOCC3)c3c(C#N)c(F)ccc34)no2)CC1. The number of halogens is 1. The van der Waals surface area contributed by atoms with Crippen LogP contribution >= 0.6 is 0 Å². The van der Waals surface area contributed by atoms with E-state index in [2.05, 4.69) is 26.9 Å². The summed E-state index contributed by atoms with van der Waals surface area (Å²) in [7, 11) is 0. The summed E-state index contributed by atoms with van der Waals surface area (Å²) in [6.45, 7) is 5.64. The minimum atomic E-state index is -0.672. The second-order valence-corrected chi connectivity index (χ2v) is 9.11. The molecule has 174 valence electrons. The van der Waals surface area contributed by atoms with Crippen LogP contribution in [0.4, 0.5) is 4.39 Å². The molecule has 2 aliphatic rings. The summed E-state index contributed by atoms with van der Waals surface area (Å²) in [4.78, 5) is 24.9. The van der Waals surface area contributed by atoms with Gasteiger partial charge in [-0.15, -0.1) is 0 Å². The van der Waals surface area contributed by atoms with Crippen LogP contribution in [0.2, 0.25) is 0 Å². The maximum absolute atomic E-state index is 14.6. The van der Waals surface area contributed by atoms with Crippen molar-refractivity contribution in [2.24, 2.45) is 0 Å². The Morgan fingerprint density at radius 3 is 2.74 bits per heavy atom. The first-order valence-electron chi connectivity index (χ1n) is 11.3. The van der Waals surface area contributed by atoms with Crippen LogP contribution < -0.4 is 5.56 Å². The smallest absolute Gasteiger partial charge is 0.277 e. The molecule has 10 nitrogen and oxygen atoms in total. The number of ether oxygens (including phenoxy) is 1. The maximum Gasteiger partial charge on any atom is 0.277 e. The molecule has 0 spiro atoms. The second kappa shape index (κ2) is 7.72. The summed E-state index contributed by atoms with van der Waals surface area (Å²) < 4.78 is 28.5. The molecule has 0 N–H and O–H groups in total. The van der Waals surface area contributed by atoms with Gasteiger partial charge in [-0.25, -0.2) is 9.37 Å². The summed E-state index contributed by atoms with van der Waals surface area (Å²) in [5, 5.41) is 13.8. The van der Waals surface area contributed by atoms with Gasteiger partial charge in [0.1, 0.15) is 35.0 Å². The van der Waals surface area contributed by atoms with E-state index >= 15 is 0 Å². The van der Waals surface area contributed by atoms with Crippen molar-refractivity contribution in [3.05, 3.63) is 46.1 Å². The van der Waals surface area contributed by atoms with Gasteiger partial charge in [-0.1, -0.05) is 12.1 Å². The summed E-state index contributed by atoms with van der Waals surface area (Å²) in [5.41, 5.74) is 0.636. The van der Waals surface area contributed by atoms with Gasteiger partial charge in [0, 0.05) is 31.6 Å². The Kier molecular flexibility index (Phi) is 4.75. The zero-order valence-electron chi connectivity index (χ0n) is 18.6. The summed E-state index contributed by atoms with van der Waals surface area (Å²) in [6.07, 6.45) is 3.43. The molecular formula is C23H22FN7O3. The van der Waals surface area contributed by atoms with Crippen LogP contribution in [0.3, 0.4) is 0 Å². The molecule has 4 aromatic rings. The van der Waals surface area contributed by atoms with Crippen molar-refractivity contribution in [1.82, 2.24) is 29.0 Å². The fourth-order valence-electron chi connectivity index (χ4n) is 4.50. The standard InChI is InChI=1S/C23H22FN7O3/c1-23(4-5-23)22-27-20(28-34-22)17-19-21(32)30(7-6-29-8-10-33-11-9-29)18-14(12-25)15(24)2-3-16(18)31(19)13-26-17/h2-3,13H,4-11H2,1H3. The molecule has 1 aliphatic heterocycles. The van der Waals surface area contributed by atoms with Crippen molar-refractivity contribution in [1.29, 1.82) is 5.26 Å². The number of imidazole rings is 1. The quantitative estimate of drug-likeness (QED) is 0.442. The van der Waals surface area contributed by atoms with E-state index < -0.39 is 5.82 Å². The van der Waals surface area contributed by atoms with Gasteiger partial charge in [-0.05, 0) is 25.0 Å². The van der Waals surface area contributed by atoms with Gasteiger partial charge in [0.15, 0.2) is 0 Å². The molecule has 0 unspecified atom stereocenters. The minimum absolute atomic E-state index is 0.120. The van der Waals surface area contributed by atoms with Crippen molar-refractivity contribution < 1.29 is 13.7 Å². The maximum atomic E-state index is 14.6. The zero-order valence-corrected chi connectivity index (χ0v) is 18.6. The van der Waals surface area contributed by atoms with Crippen LogP contribution in [0.1, 0.15) is 31.2 Å². The van der Waals surface area contributed by atoms with Crippen LogP contribution in [0.15, 0.2) is 27.8 Å². The average Bonchev–Trinajstić information content (AvgIpc) is 3.25. The van der Waals surface area contributed by atoms with Gasteiger partial charge in [0.2, 0.25) is 11.7 Å². The van der Waals surface area contributed by atoms with Gasteiger partial charge in [-0.3, -0.25) is 14.1 Å².